The summed E-state index contributed by atoms with van der Waals surface area (Å²) in [6.45, 7) is 2.18. The van der Waals surface area contributed by atoms with Gasteiger partial charge in [0.15, 0.2) is 0 Å². The molecule has 0 spiro atoms. The summed E-state index contributed by atoms with van der Waals surface area (Å²) in [4.78, 5) is 36.5. The Bertz CT molecular complexity index is 777. The molecule has 26 heavy (non-hydrogen) atoms. The lowest BCUT2D eigenvalue weighted by Gasteiger charge is -2.18. The highest BCUT2D eigenvalue weighted by molar-refractivity contribution is 5.99. The minimum atomic E-state index is -1.28. The van der Waals surface area contributed by atoms with E-state index >= 15 is 0 Å². The van der Waals surface area contributed by atoms with Crippen molar-refractivity contribution in [2.75, 3.05) is 13.7 Å². The molecule has 136 valence electrons. The molecule has 0 radical (unpaired) electrons. The van der Waals surface area contributed by atoms with Crippen LogP contribution in [-0.2, 0) is 9.53 Å². The summed E-state index contributed by atoms with van der Waals surface area (Å²) in [5, 5.41) is 4.41. The van der Waals surface area contributed by atoms with Crippen molar-refractivity contribution < 1.29 is 23.9 Å². The number of hydrogen-bond donors (Lipinski definition) is 2. The predicted octanol–water partition coefficient (Wildman–Crippen LogP) is 2.44. The lowest BCUT2D eigenvalue weighted by atomic mass is 10.1. The van der Waals surface area contributed by atoms with Gasteiger partial charge in [0.05, 0.1) is 6.61 Å². The summed E-state index contributed by atoms with van der Waals surface area (Å²) in [6.07, 6.45) is -1.28. The molecule has 0 saturated heterocycles. The van der Waals surface area contributed by atoms with Crippen LogP contribution in [0.3, 0.4) is 0 Å². The third-order valence-electron chi connectivity index (χ3n) is 3.44. The fourth-order valence-corrected chi connectivity index (χ4v) is 2.23. The van der Waals surface area contributed by atoms with Crippen LogP contribution < -0.4 is 15.4 Å². The molecule has 0 aliphatic rings. The number of para-hydroxylation sites is 1. The van der Waals surface area contributed by atoms with Gasteiger partial charge in [-0.2, -0.15) is 0 Å². The highest BCUT2D eigenvalue weighted by atomic mass is 16.6. The lowest BCUT2D eigenvalue weighted by molar-refractivity contribution is -0.129. The topological polar surface area (TPSA) is 93.7 Å². The minimum Gasteiger partial charge on any atom is -0.493 e. The SMILES string of the molecule is CCOc1ccccc1C(=O)O[C@H](C(=O)NC(=O)NC)c1ccccc1. The number of benzene rings is 2. The van der Waals surface area contributed by atoms with Crippen molar-refractivity contribution in [3.63, 3.8) is 0 Å². The van der Waals surface area contributed by atoms with Crippen LogP contribution in [0.4, 0.5) is 4.79 Å². The van der Waals surface area contributed by atoms with Crippen LogP contribution in [0.15, 0.2) is 54.6 Å². The van der Waals surface area contributed by atoms with Crippen molar-refractivity contribution >= 4 is 17.9 Å². The molecule has 0 unspecified atom stereocenters. The Hall–Kier alpha value is -3.35. The molecular weight excluding hydrogens is 336 g/mol. The quantitative estimate of drug-likeness (QED) is 0.776. The summed E-state index contributed by atoms with van der Waals surface area (Å²) in [6, 6.07) is 14.3. The number of nitrogens with one attached hydrogen (secondary N) is 2. The molecule has 2 rings (SSSR count). The maximum atomic E-state index is 12.6. The largest absolute Gasteiger partial charge is 0.493 e. The number of rotatable bonds is 6. The van der Waals surface area contributed by atoms with Crippen LogP contribution in [0.25, 0.3) is 0 Å². The Kier molecular flexibility index (Phi) is 6.73. The monoisotopic (exact) mass is 356 g/mol. The van der Waals surface area contributed by atoms with E-state index in [4.69, 9.17) is 9.47 Å². The molecule has 2 aromatic carbocycles. The highest BCUT2D eigenvalue weighted by Gasteiger charge is 2.28. The van der Waals surface area contributed by atoms with E-state index in [0.717, 1.165) is 0 Å². The first-order valence-electron chi connectivity index (χ1n) is 8.07. The number of urea groups is 1. The van der Waals surface area contributed by atoms with Gasteiger partial charge in [-0.15, -0.1) is 0 Å². The molecule has 1 atom stereocenters. The van der Waals surface area contributed by atoms with Gasteiger partial charge in [-0.3, -0.25) is 10.1 Å². The maximum Gasteiger partial charge on any atom is 0.343 e. The fraction of sp³-hybridized carbons (Fsp3) is 0.211. The second-order valence-corrected chi connectivity index (χ2v) is 5.19. The average Bonchev–Trinajstić information content (AvgIpc) is 2.67. The van der Waals surface area contributed by atoms with Gasteiger partial charge in [-0.1, -0.05) is 42.5 Å². The second-order valence-electron chi connectivity index (χ2n) is 5.19. The van der Waals surface area contributed by atoms with Crippen LogP contribution in [0.2, 0.25) is 0 Å². The zero-order chi connectivity index (χ0) is 18.9. The average molecular weight is 356 g/mol. The number of carbonyl (C=O) groups is 3. The number of esters is 1. The van der Waals surface area contributed by atoms with E-state index in [0.29, 0.717) is 17.9 Å². The first-order chi connectivity index (χ1) is 12.6. The lowest BCUT2D eigenvalue weighted by Crippen LogP contribution is -2.41. The van der Waals surface area contributed by atoms with Crippen molar-refractivity contribution in [3.8, 4) is 5.75 Å². The van der Waals surface area contributed by atoms with Crippen molar-refractivity contribution in [2.24, 2.45) is 0 Å². The number of hydrogen-bond acceptors (Lipinski definition) is 5. The first-order valence-corrected chi connectivity index (χ1v) is 8.07. The highest BCUT2D eigenvalue weighted by Crippen LogP contribution is 2.24. The third-order valence-corrected chi connectivity index (χ3v) is 3.44. The molecular formula is C19H20N2O5. The summed E-state index contributed by atoms with van der Waals surface area (Å²) in [7, 11) is 1.38. The molecule has 0 saturated carbocycles. The maximum absolute atomic E-state index is 12.6. The molecule has 0 heterocycles. The standard InChI is InChI=1S/C19H20N2O5/c1-3-25-15-12-8-7-11-14(15)18(23)26-16(13-9-5-4-6-10-13)17(22)21-19(24)20-2/h4-12,16H,3H2,1-2H3,(H2,20,21,22,24)/t16-/m0/s1. The molecule has 7 nitrogen and oxygen atoms in total. The molecule has 0 fully saturated rings. The number of carbonyl (C=O) groups excluding carboxylic acids is 3. The number of imide groups is 1. The Morgan fingerprint density at radius 1 is 1.00 bits per heavy atom. The number of ether oxygens (including phenoxy) is 2. The van der Waals surface area contributed by atoms with E-state index in [1.54, 1.807) is 61.5 Å². The first kappa shape index (κ1) is 19.0. The van der Waals surface area contributed by atoms with Crippen LogP contribution in [0, 0.1) is 0 Å². The van der Waals surface area contributed by atoms with Gasteiger partial charge in [-0.05, 0) is 19.1 Å². The third kappa shape index (κ3) is 4.83. The molecule has 0 aliphatic carbocycles. The van der Waals surface area contributed by atoms with E-state index in [1.165, 1.54) is 7.05 Å². The van der Waals surface area contributed by atoms with Crippen LogP contribution in [0.1, 0.15) is 28.9 Å². The second kappa shape index (κ2) is 9.22. The summed E-state index contributed by atoms with van der Waals surface area (Å²) in [5.41, 5.74) is 0.638. The van der Waals surface area contributed by atoms with Gasteiger partial charge >= 0.3 is 12.0 Å². The van der Waals surface area contributed by atoms with Gasteiger partial charge in [0.2, 0.25) is 6.10 Å². The molecule has 7 heteroatoms. The molecule has 2 N–H and O–H groups in total. The van der Waals surface area contributed by atoms with Gasteiger partial charge in [0.1, 0.15) is 11.3 Å². The van der Waals surface area contributed by atoms with E-state index in [1.807, 2.05) is 0 Å². The van der Waals surface area contributed by atoms with Gasteiger partial charge in [-0.25, -0.2) is 9.59 Å². The van der Waals surface area contributed by atoms with Crippen molar-refractivity contribution in [1.82, 2.24) is 10.6 Å². The van der Waals surface area contributed by atoms with E-state index in [2.05, 4.69) is 10.6 Å². The Morgan fingerprint density at radius 2 is 1.65 bits per heavy atom. The molecule has 0 bridgehead atoms. The van der Waals surface area contributed by atoms with Crippen molar-refractivity contribution in [2.45, 2.75) is 13.0 Å². The van der Waals surface area contributed by atoms with E-state index in [-0.39, 0.29) is 5.56 Å². The smallest absolute Gasteiger partial charge is 0.343 e. The molecule has 3 amide bonds. The Labute approximate surface area is 151 Å². The molecule has 2 aromatic rings. The fourth-order valence-electron chi connectivity index (χ4n) is 2.23. The van der Waals surface area contributed by atoms with Crippen molar-refractivity contribution in [1.29, 1.82) is 0 Å². The van der Waals surface area contributed by atoms with E-state index in [9.17, 15) is 14.4 Å². The molecule has 0 aromatic heterocycles. The van der Waals surface area contributed by atoms with Crippen LogP contribution in [-0.4, -0.2) is 31.6 Å². The summed E-state index contributed by atoms with van der Waals surface area (Å²) in [5.74, 6) is -1.12. The van der Waals surface area contributed by atoms with Gasteiger partial charge < -0.3 is 14.8 Å². The normalized spacial score (nSPS) is 11.2. The van der Waals surface area contributed by atoms with E-state index < -0.39 is 24.0 Å². The summed E-state index contributed by atoms with van der Waals surface area (Å²) < 4.78 is 10.8. The van der Waals surface area contributed by atoms with Crippen LogP contribution in [0.5, 0.6) is 5.75 Å². The van der Waals surface area contributed by atoms with Gasteiger partial charge in [0.25, 0.3) is 5.91 Å². The van der Waals surface area contributed by atoms with Crippen LogP contribution >= 0.6 is 0 Å². The van der Waals surface area contributed by atoms with Gasteiger partial charge in [0, 0.05) is 12.6 Å². The minimum absolute atomic E-state index is 0.197. The summed E-state index contributed by atoms with van der Waals surface area (Å²) >= 11 is 0. The zero-order valence-corrected chi connectivity index (χ0v) is 14.5. The van der Waals surface area contributed by atoms with Crippen molar-refractivity contribution in [3.05, 3.63) is 65.7 Å². The zero-order valence-electron chi connectivity index (χ0n) is 14.5. The Morgan fingerprint density at radius 3 is 2.31 bits per heavy atom. The molecule has 0 aliphatic heterocycles. The Balaban J connectivity index is 2.28. The number of amides is 3. The predicted molar refractivity (Wildman–Crippen MR) is 94.8 cm³/mol.